The predicted octanol–water partition coefficient (Wildman–Crippen LogP) is 2.34. The molecule has 0 bridgehead atoms. The third-order valence-electron chi connectivity index (χ3n) is 2.91. The van der Waals surface area contributed by atoms with Crippen molar-refractivity contribution in [3.63, 3.8) is 0 Å². The number of nitrogens with one attached hydrogen (secondary N) is 1. The third-order valence-corrected chi connectivity index (χ3v) is 5.96. The van der Waals surface area contributed by atoms with Gasteiger partial charge in [-0.05, 0) is 38.0 Å². The maximum atomic E-state index is 12.8. The molecule has 0 unspecified atom stereocenters. The Morgan fingerprint density at radius 3 is 2.45 bits per heavy atom. The lowest BCUT2D eigenvalue weighted by molar-refractivity contribution is -0.119. The molecule has 22 heavy (non-hydrogen) atoms. The molecule has 1 heterocycles. The normalized spacial score (nSPS) is 11.4. The maximum Gasteiger partial charge on any atom is 0.275 e. The van der Waals surface area contributed by atoms with E-state index >= 15 is 0 Å². The first-order chi connectivity index (χ1) is 10.3. The average Bonchev–Trinajstić information content (AvgIpc) is 2.77. The van der Waals surface area contributed by atoms with Crippen molar-refractivity contribution in [2.75, 3.05) is 0 Å². The molecule has 0 aliphatic heterocycles. The summed E-state index contributed by atoms with van der Waals surface area (Å²) in [7, 11) is -3.88. The first-order valence-corrected chi connectivity index (χ1v) is 8.82. The van der Waals surface area contributed by atoms with Crippen molar-refractivity contribution in [3.05, 3.63) is 46.3 Å². The predicted molar refractivity (Wildman–Crippen MR) is 81.6 cm³/mol. The van der Waals surface area contributed by atoms with Crippen LogP contribution in [0.15, 0.2) is 28.5 Å². The van der Waals surface area contributed by atoms with Crippen LogP contribution >= 0.6 is 11.3 Å². The maximum absolute atomic E-state index is 12.8. The standard InChI is InChI=1S/C14H15FN2O3S2/c1-9-14(21-10(2)16-9)22(19,20)17-13(18)8-5-11-3-6-12(15)7-4-11/h3-4,6-7H,5,8H2,1-2H3,(H,17,18). The Morgan fingerprint density at radius 1 is 1.27 bits per heavy atom. The molecule has 0 radical (unpaired) electrons. The van der Waals surface area contributed by atoms with Crippen LogP contribution in [-0.4, -0.2) is 19.3 Å². The minimum absolute atomic E-state index is 0.00168. The van der Waals surface area contributed by atoms with Gasteiger partial charge in [-0.25, -0.2) is 22.5 Å². The van der Waals surface area contributed by atoms with Crippen molar-refractivity contribution in [1.82, 2.24) is 9.71 Å². The van der Waals surface area contributed by atoms with Gasteiger partial charge in [0.05, 0.1) is 10.7 Å². The highest BCUT2D eigenvalue weighted by molar-refractivity contribution is 7.92. The molecular weight excluding hydrogens is 327 g/mol. The lowest BCUT2D eigenvalue weighted by Crippen LogP contribution is -2.30. The number of hydrogen-bond acceptors (Lipinski definition) is 5. The van der Waals surface area contributed by atoms with Crippen LogP contribution in [0, 0.1) is 19.7 Å². The van der Waals surface area contributed by atoms with Gasteiger partial charge in [-0.2, -0.15) is 0 Å². The molecule has 1 N–H and O–H groups in total. The molecule has 0 spiro atoms. The fourth-order valence-corrected chi connectivity index (χ4v) is 4.42. The van der Waals surface area contributed by atoms with Crippen molar-refractivity contribution < 1.29 is 17.6 Å². The Morgan fingerprint density at radius 2 is 1.91 bits per heavy atom. The molecule has 0 saturated carbocycles. The largest absolute Gasteiger partial charge is 0.275 e. The van der Waals surface area contributed by atoms with E-state index in [1.54, 1.807) is 26.0 Å². The van der Waals surface area contributed by atoms with Gasteiger partial charge in [0.1, 0.15) is 5.82 Å². The number of benzene rings is 1. The Bertz CT molecular complexity index is 783. The van der Waals surface area contributed by atoms with Gasteiger partial charge in [0.15, 0.2) is 4.21 Å². The van der Waals surface area contributed by atoms with E-state index in [0.29, 0.717) is 17.1 Å². The summed E-state index contributed by atoms with van der Waals surface area (Å²) in [5.74, 6) is -0.957. The number of aryl methyl sites for hydroxylation is 3. The first kappa shape index (κ1) is 16.6. The molecule has 1 aromatic heterocycles. The van der Waals surface area contributed by atoms with Crippen LogP contribution in [0.5, 0.6) is 0 Å². The third kappa shape index (κ3) is 4.11. The number of thiazole rings is 1. The number of rotatable bonds is 5. The Balaban J connectivity index is 1.99. The second-order valence-electron chi connectivity index (χ2n) is 4.76. The zero-order valence-electron chi connectivity index (χ0n) is 12.1. The zero-order chi connectivity index (χ0) is 16.3. The number of halogens is 1. The van der Waals surface area contributed by atoms with Crippen LogP contribution in [0.1, 0.15) is 22.7 Å². The van der Waals surface area contributed by atoms with Crippen molar-refractivity contribution in [2.24, 2.45) is 0 Å². The highest BCUT2D eigenvalue weighted by Gasteiger charge is 2.23. The van der Waals surface area contributed by atoms with Crippen molar-refractivity contribution in [1.29, 1.82) is 0 Å². The molecule has 0 aliphatic carbocycles. The molecule has 5 nitrogen and oxygen atoms in total. The molecule has 1 amide bonds. The van der Waals surface area contributed by atoms with Gasteiger partial charge in [-0.1, -0.05) is 12.1 Å². The van der Waals surface area contributed by atoms with Crippen molar-refractivity contribution >= 4 is 27.3 Å². The van der Waals surface area contributed by atoms with Gasteiger partial charge in [0, 0.05) is 6.42 Å². The quantitative estimate of drug-likeness (QED) is 0.905. The van der Waals surface area contributed by atoms with Gasteiger partial charge >= 0.3 is 0 Å². The number of amides is 1. The van der Waals surface area contributed by atoms with E-state index in [2.05, 4.69) is 4.98 Å². The minimum Gasteiger partial charge on any atom is -0.274 e. The van der Waals surface area contributed by atoms with Crippen molar-refractivity contribution in [2.45, 2.75) is 30.9 Å². The number of nitrogens with zero attached hydrogens (tertiary/aromatic N) is 1. The molecule has 0 aliphatic rings. The van der Waals surface area contributed by atoms with Crippen LogP contribution in [0.4, 0.5) is 4.39 Å². The molecule has 2 aromatic rings. The fourth-order valence-electron chi connectivity index (χ4n) is 1.92. The van der Waals surface area contributed by atoms with Crippen LogP contribution in [0.2, 0.25) is 0 Å². The molecule has 118 valence electrons. The summed E-state index contributed by atoms with van der Waals surface area (Å²) < 4.78 is 39.1. The summed E-state index contributed by atoms with van der Waals surface area (Å²) in [6.45, 7) is 3.29. The second kappa shape index (κ2) is 6.53. The topological polar surface area (TPSA) is 76.1 Å². The van der Waals surface area contributed by atoms with Gasteiger partial charge < -0.3 is 0 Å². The van der Waals surface area contributed by atoms with Crippen LogP contribution < -0.4 is 4.72 Å². The Labute approximate surface area is 132 Å². The Kier molecular flexibility index (Phi) is 4.92. The lowest BCUT2D eigenvalue weighted by Gasteiger charge is -2.06. The van der Waals surface area contributed by atoms with Crippen LogP contribution in [0.3, 0.4) is 0 Å². The molecule has 8 heteroatoms. The zero-order valence-corrected chi connectivity index (χ0v) is 13.7. The SMILES string of the molecule is Cc1nc(C)c(S(=O)(=O)NC(=O)CCc2ccc(F)cc2)s1. The summed E-state index contributed by atoms with van der Waals surface area (Å²) in [5, 5.41) is 0.622. The molecule has 2 rings (SSSR count). The number of sulfonamides is 1. The van der Waals surface area contributed by atoms with E-state index in [1.165, 1.54) is 12.1 Å². The van der Waals surface area contributed by atoms with Crippen molar-refractivity contribution in [3.8, 4) is 0 Å². The molecule has 0 fully saturated rings. The molecule has 1 aromatic carbocycles. The Hall–Kier alpha value is -1.80. The fraction of sp³-hybridized carbons (Fsp3) is 0.286. The highest BCUT2D eigenvalue weighted by Crippen LogP contribution is 2.22. The number of carbonyl (C=O) groups excluding carboxylic acids is 1. The van der Waals surface area contributed by atoms with E-state index in [-0.39, 0.29) is 16.4 Å². The number of aromatic nitrogens is 1. The van der Waals surface area contributed by atoms with E-state index in [0.717, 1.165) is 16.9 Å². The van der Waals surface area contributed by atoms with E-state index in [4.69, 9.17) is 0 Å². The lowest BCUT2D eigenvalue weighted by atomic mass is 10.1. The minimum atomic E-state index is -3.88. The second-order valence-corrected chi connectivity index (χ2v) is 7.84. The van der Waals surface area contributed by atoms with Crippen LogP contribution in [-0.2, 0) is 21.2 Å². The number of carbonyl (C=O) groups is 1. The monoisotopic (exact) mass is 342 g/mol. The molecule has 0 saturated heterocycles. The summed E-state index contributed by atoms with van der Waals surface area (Å²) in [4.78, 5) is 15.8. The van der Waals surface area contributed by atoms with Gasteiger partial charge in [0.2, 0.25) is 5.91 Å². The first-order valence-electron chi connectivity index (χ1n) is 6.52. The molecule has 0 atom stereocenters. The highest BCUT2D eigenvalue weighted by atomic mass is 32.2. The van der Waals surface area contributed by atoms with Gasteiger partial charge in [0.25, 0.3) is 10.0 Å². The molecular formula is C14H15FN2O3S2. The van der Waals surface area contributed by atoms with E-state index < -0.39 is 15.9 Å². The smallest absolute Gasteiger partial charge is 0.274 e. The number of hydrogen-bond donors (Lipinski definition) is 1. The van der Waals surface area contributed by atoms with Crippen LogP contribution in [0.25, 0.3) is 0 Å². The summed E-state index contributed by atoms with van der Waals surface area (Å²) in [5.41, 5.74) is 1.14. The van der Waals surface area contributed by atoms with Gasteiger partial charge in [-0.3, -0.25) is 4.79 Å². The summed E-state index contributed by atoms with van der Waals surface area (Å²) in [6.07, 6.45) is 0.337. The van der Waals surface area contributed by atoms with E-state index in [1.807, 2.05) is 4.72 Å². The van der Waals surface area contributed by atoms with Gasteiger partial charge in [-0.15, -0.1) is 11.3 Å². The average molecular weight is 342 g/mol. The van der Waals surface area contributed by atoms with E-state index in [9.17, 15) is 17.6 Å². The summed E-state index contributed by atoms with van der Waals surface area (Å²) >= 11 is 1.02. The summed E-state index contributed by atoms with van der Waals surface area (Å²) in [6, 6.07) is 5.72.